The highest BCUT2D eigenvalue weighted by Gasteiger charge is 2.51. The number of nitrogen functional groups attached to an aromatic ring is 1. The molecule has 4 rings (SSSR count). The topological polar surface area (TPSA) is 116 Å². The number of halogens is 3. The van der Waals surface area contributed by atoms with Gasteiger partial charge in [-0.2, -0.15) is 13.2 Å². The summed E-state index contributed by atoms with van der Waals surface area (Å²) >= 11 is 0. The predicted octanol–water partition coefficient (Wildman–Crippen LogP) is 2.69. The summed E-state index contributed by atoms with van der Waals surface area (Å²) in [6.07, 6.45) is -6.15. The lowest BCUT2D eigenvalue weighted by atomic mass is 10.2. The molecule has 1 aromatic heterocycles. The van der Waals surface area contributed by atoms with Crippen molar-refractivity contribution in [1.82, 2.24) is 9.88 Å². The number of alkyl halides is 3. The second kappa shape index (κ2) is 12.8. The molecule has 43 heavy (non-hydrogen) atoms. The zero-order valence-electron chi connectivity index (χ0n) is 24.0. The Morgan fingerprint density at radius 1 is 1.12 bits per heavy atom. The Morgan fingerprint density at radius 3 is 2.23 bits per heavy atom. The third-order valence-electron chi connectivity index (χ3n) is 7.33. The first-order chi connectivity index (χ1) is 20.2. The summed E-state index contributed by atoms with van der Waals surface area (Å²) in [5.74, 6) is 2.87. The first kappa shape index (κ1) is 32.0. The SMILES string of the molecule is CC(C)(C)[Si](OC[C@H]1O[C@@H](n2cc(C#CCNC(=O)C(F)(F)F)c(N)cc2=O)CC1O)(c1ccccc1)c1ccccc1. The van der Waals surface area contributed by atoms with E-state index in [1.54, 1.807) is 5.32 Å². The number of pyridine rings is 1. The molecule has 1 unspecified atom stereocenters. The number of hydrogen-bond donors (Lipinski definition) is 3. The number of nitrogens with two attached hydrogens (primary N) is 1. The van der Waals surface area contributed by atoms with Crippen molar-refractivity contribution in [3.63, 3.8) is 0 Å². The summed E-state index contributed by atoms with van der Waals surface area (Å²) in [7, 11) is -2.91. The Labute approximate surface area is 248 Å². The molecule has 0 saturated carbocycles. The highest BCUT2D eigenvalue weighted by atomic mass is 28.4. The van der Waals surface area contributed by atoms with Gasteiger partial charge in [0.15, 0.2) is 0 Å². The minimum absolute atomic E-state index is 0.0148. The van der Waals surface area contributed by atoms with E-state index in [-0.39, 0.29) is 29.3 Å². The Hall–Kier alpha value is -3.89. The summed E-state index contributed by atoms with van der Waals surface area (Å²) < 4.78 is 51.4. The first-order valence-electron chi connectivity index (χ1n) is 13.7. The number of aliphatic hydroxyl groups is 1. The smallest absolute Gasteiger partial charge is 0.405 e. The number of aromatic nitrogens is 1. The standard InChI is InChI=1S/C31H34F3N3O5Si/c1-30(2,3)43(22-12-6-4-7-13-22,23-14-8-5-9-15-23)41-20-26-25(38)18-28(42-26)37-19-21(24(35)17-27(37)39)11-10-16-36-29(40)31(32,33)34/h4-9,12-15,17,19,25-26,28,38H,16,18,20,35H2,1-3H3,(H,36,40)/t25?,26-,28-/m1/s1. The lowest BCUT2D eigenvalue weighted by Crippen LogP contribution is -2.67. The second-order valence-corrected chi connectivity index (χ2v) is 15.6. The highest BCUT2D eigenvalue weighted by Crippen LogP contribution is 2.38. The zero-order valence-corrected chi connectivity index (χ0v) is 25.0. The molecule has 0 spiro atoms. The lowest BCUT2D eigenvalue weighted by Gasteiger charge is -2.43. The third-order valence-corrected chi connectivity index (χ3v) is 12.3. The third kappa shape index (κ3) is 7.02. The van der Waals surface area contributed by atoms with Crippen LogP contribution in [-0.2, 0) is 14.0 Å². The molecule has 3 atom stereocenters. The van der Waals surface area contributed by atoms with Crippen molar-refractivity contribution in [3.8, 4) is 11.8 Å². The van der Waals surface area contributed by atoms with Crippen LogP contribution in [0.5, 0.6) is 0 Å². The van der Waals surface area contributed by atoms with Gasteiger partial charge in [-0.25, -0.2) is 0 Å². The van der Waals surface area contributed by atoms with Gasteiger partial charge in [0.05, 0.1) is 30.5 Å². The van der Waals surface area contributed by atoms with E-state index >= 15 is 0 Å². The molecule has 1 aliphatic heterocycles. The Bertz CT molecular complexity index is 1510. The number of anilines is 1. The van der Waals surface area contributed by atoms with Crippen molar-refractivity contribution in [2.75, 3.05) is 18.9 Å². The molecule has 12 heteroatoms. The van der Waals surface area contributed by atoms with Gasteiger partial charge in [-0.15, -0.1) is 0 Å². The largest absolute Gasteiger partial charge is 0.471 e. The van der Waals surface area contributed by atoms with Gasteiger partial charge in [0.25, 0.3) is 13.9 Å². The van der Waals surface area contributed by atoms with Gasteiger partial charge >= 0.3 is 12.1 Å². The van der Waals surface area contributed by atoms with E-state index in [1.807, 2.05) is 36.4 Å². The van der Waals surface area contributed by atoms with Crippen molar-refractivity contribution < 1.29 is 32.2 Å². The zero-order chi connectivity index (χ0) is 31.4. The molecule has 0 bridgehead atoms. The number of nitrogens with zero attached hydrogens (tertiary/aromatic N) is 1. The summed E-state index contributed by atoms with van der Waals surface area (Å²) in [5, 5.41) is 14.5. The minimum atomic E-state index is -5.02. The quantitative estimate of drug-likeness (QED) is 0.279. The summed E-state index contributed by atoms with van der Waals surface area (Å²) in [6.45, 7) is 5.91. The number of amides is 1. The molecular formula is C31H34F3N3O5Si. The molecule has 1 aliphatic rings. The summed E-state index contributed by atoms with van der Waals surface area (Å²) in [5.41, 5.74) is 5.59. The van der Waals surface area contributed by atoms with Gasteiger partial charge in [0.2, 0.25) is 0 Å². The lowest BCUT2D eigenvalue weighted by molar-refractivity contribution is -0.173. The van der Waals surface area contributed by atoms with Gasteiger partial charge in [0, 0.05) is 18.7 Å². The number of benzene rings is 2. The van der Waals surface area contributed by atoms with Crippen LogP contribution >= 0.6 is 0 Å². The van der Waals surface area contributed by atoms with E-state index in [1.165, 1.54) is 10.8 Å². The number of aliphatic hydroxyl groups excluding tert-OH is 1. The fourth-order valence-corrected chi connectivity index (χ4v) is 9.83. The van der Waals surface area contributed by atoms with Crippen molar-refractivity contribution in [1.29, 1.82) is 0 Å². The van der Waals surface area contributed by atoms with Crippen molar-refractivity contribution in [3.05, 3.63) is 88.8 Å². The first-order valence-corrected chi connectivity index (χ1v) is 15.6. The van der Waals surface area contributed by atoms with Crippen LogP contribution in [0.1, 0.15) is 39.0 Å². The fourth-order valence-electron chi connectivity index (χ4n) is 5.26. The van der Waals surface area contributed by atoms with E-state index in [2.05, 4.69) is 56.9 Å². The van der Waals surface area contributed by atoms with E-state index in [0.717, 1.165) is 16.4 Å². The normalized spacial score (nSPS) is 19.0. The van der Waals surface area contributed by atoms with Crippen LogP contribution in [-0.4, -0.2) is 55.4 Å². The van der Waals surface area contributed by atoms with Crippen LogP contribution in [0, 0.1) is 11.8 Å². The van der Waals surface area contributed by atoms with E-state index in [0.29, 0.717) is 0 Å². The molecule has 8 nitrogen and oxygen atoms in total. The van der Waals surface area contributed by atoms with E-state index in [4.69, 9.17) is 14.9 Å². The van der Waals surface area contributed by atoms with Crippen molar-refractivity contribution in [2.45, 2.75) is 56.8 Å². The summed E-state index contributed by atoms with van der Waals surface area (Å²) in [6, 6.07) is 21.2. The minimum Gasteiger partial charge on any atom is -0.405 e. The molecule has 0 radical (unpaired) electrons. The molecule has 2 heterocycles. The molecular weight excluding hydrogens is 579 g/mol. The van der Waals surface area contributed by atoms with Crippen molar-refractivity contribution in [2.24, 2.45) is 0 Å². The summed E-state index contributed by atoms with van der Waals surface area (Å²) in [4.78, 5) is 23.8. The number of nitrogens with one attached hydrogen (secondary N) is 1. The van der Waals surface area contributed by atoms with Crippen LogP contribution < -0.4 is 27.0 Å². The molecule has 4 N–H and O–H groups in total. The number of carbonyl (C=O) groups excluding carboxylic acids is 1. The fraction of sp³-hybridized carbons (Fsp3) is 0.355. The maximum Gasteiger partial charge on any atom is 0.471 e. The molecule has 3 aromatic rings. The van der Waals surface area contributed by atoms with E-state index in [9.17, 15) is 27.9 Å². The highest BCUT2D eigenvalue weighted by molar-refractivity contribution is 6.99. The maximum absolute atomic E-state index is 12.8. The molecule has 0 aliphatic carbocycles. The molecule has 1 amide bonds. The average Bonchev–Trinajstić information content (AvgIpc) is 3.32. The van der Waals surface area contributed by atoms with Crippen LogP contribution in [0.15, 0.2) is 77.7 Å². The maximum atomic E-state index is 12.8. The number of hydrogen-bond acceptors (Lipinski definition) is 6. The van der Waals surface area contributed by atoms with Crippen molar-refractivity contribution >= 4 is 30.3 Å². The van der Waals surface area contributed by atoms with E-state index < -0.39 is 50.9 Å². The predicted molar refractivity (Wildman–Crippen MR) is 159 cm³/mol. The molecule has 228 valence electrons. The molecule has 1 fully saturated rings. The van der Waals surface area contributed by atoms with Gasteiger partial charge in [-0.3, -0.25) is 14.2 Å². The van der Waals surface area contributed by atoms with Crippen LogP contribution in [0.25, 0.3) is 0 Å². The Morgan fingerprint density at radius 2 is 1.70 bits per heavy atom. The van der Waals surface area contributed by atoms with Gasteiger partial charge in [-0.05, 0) is 15.4 Å². The molecule has 2 aromatic carbocycles. The number of ether oxygens (including phenoxy) is 1. The average molecular weight is 614 g/mol. The van der Waals surface area contributed by atoms with Gasteiger partial charge in [0.1, 0.15) is 12.3 Å². The van der Waals surface area contributed by atoms with Crippen LogP contribution in [0.4, 0.5) is 18.9 Å². The van der Waals surface area contributed by atoms with Crippen LogP contribution in [0.3, 0.4) is 0 Å². The molecule has 1 saturated heterocycles. The Kier molecular flexibility index (Phi) is 9.51. The second-order valence-electron chi connectivity index (χ2n) is 11.3. The van der Waals surface area contributed by atoms with Gasteiger partial charge < -0.3 is 25.3 Å². The van der Waals surface area contributed by atoms with Gasteiger partial charge in [-0.1, -0.05) is 93.3 Å². The monoisotopic (exact) mass is 613 g/mol. The Balaban J connectivity index is 1.56. The van der Waals surface area contributed by atoms with Crippen LogP contribution in [0.2, 0.25) is 5.04 Å². The number of carbonyl (C=O) groups is 1. The number of rotatable bonds is 7.